The van der Waals surface area contributed by atoms with Crippen LogP contribution in [-0.4, -0.2) is 13.4 Å². The second-order valence-corrected chi connectivity index (χ2v) is 6.71. The predicted molar refractivity (Wildman–Crippen MR) is 77.1 cm³/mol. The number of rotatable bonds is 4. The molecular weight excluding hydrogens is 328 g/mol. The van der Waals surface area contributed by atoms with Crippen molar-refractivity contribution in [2.45, 2.75) is 17.9 Å². The molecule has 1 N–H and O–H groups in total. The lowest BCUT2D eigenvalue weighted by atomic mass is 10.1. The first-order valence-corrected chi connectivity index (χ1v) is 7.94. The molecule has 0 fully saturated rings. The maximum Gasteiger partial charge on any atom is 0.241 e. The topological polar surface area (TPSA) is 59.1 Å². The van der Waals surface area contributed by atoms with Crippen LogP contribution in [-0.2, 0) is 10.0 Å². The maximum atomic E-state index is 12.2. The van der Waals surface area contributed by atoms with Crippen LogP contribution in [0.2, 0.25) is 0 Å². The molecule has 1 aromatic carbocycles. The van der Waals surface area contributed by atoms with E-state index in [2.05, 4.69) is 25.6 Å². The van der Waals surface area contributed by atoms with Gasteiger partial charge in [-0.05, 0) is 48.9 Å². The van der Waals surface area contributed by atoms with E-state index >= 15 is 0 Å². The van der Waals surface area contributed by atoms with Crippen molar-refractivity contribution in [1.82, 2.24) is 9.71 Å². The zero-order valence-corrected chi connectivity index (χ0v) is 12.6. The predicted octanol–water partition coefficient (Wildman–Crippen LogP) is 2.88. The highest BCUT2D eigenvalue weighted by Gasteiger charge is 2.17. The summed E-state index contributed by atoms with van der Waals surface area (Å²) >= 11 is 3.28. The van der Waals surface area contributed by atoms with E-state index in [4.69, 9.17) is 0 Å². The summed E-state index contributed by atoms with van der Waals surface area (Å²) < 4.78 is 27.8. The fourth-order valence-electron chi connectivity index (χ4n) is 1.63. The van der Waals surface area contributed by atoms with Crippen molar-refractivity contribution in [2.75, 3.05) is 0 Å². The van der Waals surface area contributed by atoms with Gasteiger partial charge in [0.1, 0.15) is 0 Å². The van der Waals surface area contributed by atoms with Crippen LogP contribution >= 0.6 is 15.9 Å². The molecule has 0 bridgehead atoms. The average molecular weight is 341 g/mol. The summed E-state index contributed by atoms with van der Waals surface area (Å²) in [5.41, 5.74) is 0.871. The van der Waals surface area contributed by atoms with Gasteiger partial charge in [0.15, 0.2) is 0 Å². The van der Waals surface area contributed by atoms with Gasteiger partial charge in [0, 0.05) is 22.9 Å². The first kappa shape index (κ1) is 14.2. The summed E-state index contributed by atoms with van der Waals surface area (Å²) in [6, 6.07) is 9.79. The van der Waals surface area contributed by atoms with Gasteiger partial charge in [-0.25, -0.2) is 13.1 Å². The van der Waals surface area contributed by atoms with Gasteiger partial charge in [-0.2, -0.15) is 0 Å². The number of hydrogen-bond acceptors (Lipinski definition) is 3. The molecule has 19 heavy (non-hydrogen) atoms. The molecule has 0 radical (unpaired) electrons. The third-order valence-corrected chi connectivity index (χ3v) is 4.75. The van der Waals surface area contributed by atoms with E-state index in [-0.39, 0.29) is 10.9 Å². The van der Waals surface area contributed by atoms with Crippen LogP contribution in [0.25, 0.3) is 0 Å². The average Bonchev–Trinajstić information content (AvgIpc) is 2.40. The summed E-state index contributed by atoms with van der Waals surface area (Å²) in [5.74, 6) is 0. The van der Waals surface area contributed by atoms with Gasteiger partial charge < -0.3 is 0 Å². The molecule has 1 unspecified atom stereocenters. The minimum atomic E-state index is -3.52. The number of halogens is 1. The second kappa shape index (κ2) is 5.81. The van der Waals surface area contributed by atoms with Gasteiger partial charge in [0.25, 0.3) is 0 Å². The van der Waals surface area contributed by atoms with Crippen LogP contribution in [0.3, 0.4) is 0 Å². The zero-order valence-electron chi connectivity index (χ0n) is 10.2. The van der Waals surface area contributed by atoms with E-state index < -0.39 is 10.0 Å². The van der Waals surface area contributed by atoms with E-state index in [1.807, 2.05) is 0 Å². The molecule has 4 nitrogen and oxygen atoms in total. The van der Waals surface area contributed by atoms with E-state index in [0.29, 0.717) is 0 Å². The second-order valence-electron chi connectivity index (χ2n) is 4.08. The van der Waals surface area contributed by atoms with Crippen molar-refractivity contribution >= 4 is 26.0 Å². The van der Waals surface area contributed by atoms with Crippen LogP contribution in [0.5, 0.6) is 0 Å². The number of sulfonamides is 1. The minimum Gasteiger partial charge on any atom is -0.265 e. The molecule has 0 aliphatic heterocycles. The number of benzene rings is 1. The molecule has 1 heterocycles. The van der Waals surface area contributed by atoms with Crippen LogP contribution < -0.4 is 4.72 Å². The van der Waals surface area contributed by atoms with E-state index in [0.717, 1.165) is 10.0 Å². The number of nitrogens with zero attached hydrogens (tertiary/aromatic N) is 1. The van der Waals surface area contributed by atoms with E-state index in [9.17, 15) is 8.42 Å². The van der Waals surface area contributed by atoms with Crippen LogP contribution in [0.1, 0.15) is 18.5 Å². The smallest absolute Gasteiger partial charge is 0.241 e. The van der Waals surface area contributed by atoms with E-state index in [1.165, 1.54) is 0 Å². The monoisotopic (exact) mass is 340 g/mol. The number of aromatic nitrogens is 1. The van der Waals surface area contributed by atoms with Crippen LogP contribution in [0.15, 0.2) is 58.2 Å². The van der Waals surface area contributed by atoms with Gasteiger partial charge in [-0.3, -0.25) is 4.98 Å². The van der Waals surface area contributed by atoms with Crippen molar-refractivity contribution in [1.29, 1.82) is 0 Å². The van der Waals surface area contributed by atoms with Crippen molar-refractivity contribution < 1.29 is 8.42 Å². The van der Waals surface area contributed by atoms with Gasteiger partial charge in [-0.1, -0.05) is 15.9 Å². The van der Waals surface area contributed by atoms with Gasteiger partial charge in [0.05, 0.1) is 4.90 Å². The summed E-state index contributed by atoms with van der Waals surface area (Å²) in [4.78, 5) is 4.16. The molecule has 2 rings (SSSR count). The molecule has 0 aliphatic carbocycles. The third kappa shape index (κ3) is 3.62. The van der Waals surface area contributed by atoms with Gasteiger partial charge >= 0.3 is 0 Å². The lowest BCUT2D eigenvalue weighted by Gasteiger charge is -2.14. The Bertz CT molecular complexity index is 642. The first-order valence-electron chi connectivity index (χ1n) is 5.67. The molecule has 0 amide bonds. The quantitative estimate of drug-likeness (QED) is 0.930. The van der Waals surface area contributed by atoms with Gasteiger partial charge in [-0.15, -0.1) is 0 Å². The highest BCUT2D eigenvalue weighted by atomic mass is 79.9. The molecule has 100 valence electrons. The normalized spacial score (nSPS) is 13.2. The molecule has 0 spiro atoms. The van der Waals surface area contributed by atoms with Crippen molar-refractivity contribution in [3.63, 3.8) is 0 Å². The molecule has 0 aliphatic rings. The Morgan fingerprint density at radius 2 is 1.68 bits per heavy atom. The van der Waals surface area contributed by atoms with E-state index in [1.54, 1.807) is 55.7 Å². The molecule has 0 saturated heterocycles. The summed E-state index contributed by atoms with van der Waals surface area (Å²) in [7, 11) is -3.52. The standard InChI is InChI=1S/C13H13BrN2O2S/c1-10(11-6-8-15-9-7-11)16-19(17,18)13-4-2-12(14)3-5-13/h2-10,16H,1H3. The lowest BCUT2D eigenvalue weighted by molar-refractivity contribution is 0.567. The molecule has 1 atom stereocenters. The van der Waals surface area contributed by atoms with Gasteiger partial charge in [0.2, 0.25) is 10.0 Å². The fraction of sp³-hybridized carbons (Fsp3) is 0.154. The first-order chi connectivity index (χ1) is 8.99. The maximum absolute atomic E-state index is 12.2. The molecule has 1 aromatic heterocycles. The highest BCUT2D eigenvalue weighted by molar-refractivity contribution is 9.10. The summed E-state index contributed by atoms with van der Waals surface area (Å²) in [5, 5.41) is 0. The number of nitrogens with one attached hydrogen (secondary N) is 1. The van der Waals surface area contributed by atoms with Crippen molar-refractivity contribution in [3.05, 3.63) is 58.8 Å². The SMILES string of the molecule is CC(NS(=O)(=O)c1ccc(Br)cc1)c1ccncc1. The summed E-state index contributed by atoms with van der Waals surface area (Å²) in [6.45, 7) is 1.80. The number of hydrogen-bond donors (Lipinski definition) is 1. The molecule has 0 saturated carbocycles. The van der Waals surface area contributed by atoms with Crippen molar-refractivity contribution in [3.8, 4) is 0 Å². The summed E-state index contributed by atoms with van der Waals surface area (Å²) in [6.07, 6.45) is 3.28. The Labute approximate surface area is 121 Å². The minimum absolute atomic E-state index is 0.247. The fourth-order valence-corrected chi connectivity index (χ4v) is 3.13. The third-order valence-electron chi connectivity index (χ3n) is 2.66. The Balaban J connectivity index is 2.20. The highest BCUT2D eigenvalue weighted by Crippen LogP contribution is 2.18. The lowest BCUT2D eigenvalue weighted by Crippen LogP contribution is -2.26. The molecule has 6 heteroatoms. The largest absolute Gasteiger partial charge is 0.265 e. The van der Waals surface area contributed by atoms with Crippen molar-refractivity contribution in [2.24, 2.45) is 0 Å². The Morgan fingerprint density at radius 3 is 2.26 bits per heavy atom. The van der Waals surface area contributed by atoms with Crippen LogP contribution in [0, 0.1) is 0 Å². The molecule has 2 aromatic rings. The number of pyridine rings is 1. The van der Waals surface area contributed by atoms with Crippen LogP contribution in [0.4, 0.5) is 0 Å². The Kier molecular flexibility index (Phi) is 4.34. The zero-order chi connectivity index (χ0) is 13.9. The Hall–Kier alpha value is -1.24. The Morgan fingerprint density at radius 1 is 1.11 bits per heavy atom. The molecular formula is C13H13BrN2O2S.